The summed E-state index contributed by atoms with van der Waals surface area (Å²) in [6, 6.07) is 9.09. The van der Waals surface area contributed by atoms with Crippen LogP contribution >= 0.6 is 21.6 Å². The number of anilines is 1. The van der Waals surface area contributed by atoms with Gasteiger partial charge in [-0.1, -0.05) is 47.6 Å². The topological polar surface area (TPSA) is 78.8 Å². The molecule has 8 rings (SSSR count). The van der Waals surface area contributed by atoms with Crippen LogP contribution in [0.5, 0.6) is 0 Å². The van der Waals surface area contributed by atoms with Gasteiger partial charge >= 0.3 is 0 Å². The van der Waals surface area contributed by atoms with Crippen LogP contribution < -0.4 is 5.32 Å². The van der Waals surface area contributed by atoms with E-state index in [0.29, 0.717) is 29.4 Å². The van der Waals surface area contributed by atoms with Crippen molar-refractivity contribution in [1.29, 1.82) is 0 Å². The molecule has 6 bridgehead atoms. The first-order chi connectivity index (χ1) is 19.6. The van der Waals surface area contributed by atoms with Gasteiger partial charge in [0.2, 0.25) is 0 Å². The molecule has 41 heavy (non-hydrogen) atoms. The number of ketones is 1. The summed E-state index contributed by atoms with van der Waals surface area (Å²) in [5.41, 5.74) is 1.28. The summed E-state index contributed by atoms with van der Waals surface area (Å²) in [6.45, 7) is 4.87. The Morgan fingerprint density at radius 1 is 1.05 bits per heavy atom. The Balaban J connectivity index is 1.16. The van der Waals surface area contributed by atoms with Crippen molar-refractivity contribution in [3.05, 3.63) is 29.8 Å². The van der Waals surface area contributed by atoms with Crippen molar-refractivity contribution < 1.29 is 19.7 Å². The molecule has 6 aliphatic carbocycles. The van der Waals surface area contributed by atoms with E-state index in [-0.39, 0.29) is 52.1 Å². The summed E-state index contributed by atoms with van der Waals surface area (Å²) in [7, 11) is 5.75. The van der Waals surface area contributed by atoms with E-state index in [1.807, 2.05) is 21.6 Å². The van der Waals surface area contributed by atoms with Crippen LogP contribution in [0.1, 0.15) is 77.2 Å². The number of Topliss-reactive ketones (excluding diaryl/α,β-unsaturated/α-hetero) is 1. The van der Waals surface area contributed by atoms with E-state index in [4.69, 9.17) is 4.74 Å². The molecule has 0 unspecified atom stereocenters. The normalized spacial score (nSPS) is 53.7. The summed E-state index contributed by atoms with van der Waals surface area (Å²) in [4.78, 5) is 13.6. The molecule has 1 spiro atoms. The molecule has 0 aromatic heterocycles. The first-order valence-corrected chi connectivity index (χ1v) is 18.6. The first-order valence-electron chi connectivity index (χ1n) is 16.2. The monoisotopic (exact) mass is 597 g/mol. The lowest BCUT2D eigenvalue weighted by Gasteiger charge is -2.57. The Morgan fingerprint density at radius 3 is 2.71 bits per heavy atom. The molecule has 6 fully saturated rings. The highest BCUT2D eigenvalue weighted by molar-refractivity contribution is 8.77. The lowest BCUT2D eigenvalue weighted by Crippen LogP contribution is -2.58. The largest absolute Gasteiger partial charge is 0.391 e. The Labute approximate surface area is 253 Å². The molecule has 1 heterocycles. The second kappa shape index (κ2) is 9.39. The zero-order valence-corrected chi connectivity index (χ0v) is 26.4. The van der Waals surface area contributed by atoms with E-state index in [1.165, 1.54) is 31.2 Å². The third-order valence-electron chi connectivity index (χ3n) is 14.3. The van der Waals surface area contributed by atoms with E-state index in [9.17, 15) is 15.0 Å². The summed E-state index contributed by atoms with van der Waals surface area (Å²) in [6.07, 6.45) is 9.80. The molecular weight excluding hydrogens is 551 g/mol. The minimum Gasteiger partial charge on any atom is -0.391 e. The highest BCUT2D eigenvalue weighted by Gasteiger charge is 2.87. The molecule has 1 aliphatic heterocycles. The number of carbonyl (C=O) groups excluding carboxylic acids is 1. The van der Waals surface area contributed by atoms with E-state index in [2.05, 4.69) is 43.4 Å². The van der Waals surface area contributed by atoms with Crippen molar-refractivity contribution in [1.82, 2.24) is 0 Å². The highest BCUT2D eigenvalue weighted by Crippen LogP contribution is 2.86. The second-order valence-electron chi connectivity index (χ2n) is 15.5. The van der Waals surface area contributed by atoms with E-state index >= 15 is 0 Å². The summed E-state index contributed by atoms with van der Waals surface area (Å²) in [5, 5.41) is 27.7. The smallest absolute Gasteiger partial charge is 0.141 e. The van der Waals surface area contributed by atoms with Crippen molar-refractivity contribution in [2.24, 2.45) is 45.8 Å². The van der Waals surface area contributed by atoms with Gasteiger partial charge in [0.05, 0.1) is 24.2 Å². The third-order valence-corrected chi connectivity index (χ3v) is 17.4. The van der Waals surface area contributed by atoms with Crippen LogP contribution in [0.15, 0.2) is 24.3 Å². The Hall–Kier alpha value is -0.730. The quantitative estimate of drug-likeness (QED) is 0.337. The van der Waals surface area contributed by atoms with Crippen molar-refractivity contribution in [2.75, 3.05) is 18.2 Å². The summed E-state index contributed by atoms with van der Waals surface area (Å²) in [5.74, 6) is 3.19. The molecule has 0 saturated heterocycles. The number of rotatable bonds is 1. The number of nitrogens with one attached hydrogen (secondary N) is 1. The van der Waals surface area contributed by atoms with Crippen molar-refractivity contribution in [2.45, 2.75) is 107 Å². The van der Waals surface area contributed by atoms with Gasteiger partial charge in [0.1, 0.15) is 11.4 Å². The number of hydrogen-bond donors (Lipinski definition) is 3. The molecule has 7 heteroatoms. The van der Waals surface area contributed by atoms with Crippen LogP contribution in [0, 0.1) is 45.8 Å². The van der Waals surface area contributed by atoms with Crippen LogP contribution in [0.4, 0.5) is 5.69 Å². The minimum atomic E-state index is -1.04. The molecule has 0 amide bonds. The first kappa shape index (κ1) is 27.8. The SMILES string of the molecule is CO[C@@H]1CC(=O)[C@@H]2[C@@H]3[C@@H]4CC[C@@]5(C[C@@H]6CSS[C@@H]7CCC[C@H](O)[C@@H]7Nc7cccc(c7)C[C@H]6C5)[C@]3(C)[C@](C)(C4)[C@]21O. The third kappa shape index (κ3) is 3.48. The van der Waals surface area contributed by atoms with Crippen LogP contribution in [0.2, 0.25) is 0 Å². The van der Waals surface area contributed by atoms with Gasteiger partial charge in [-0.3, -0.25) is 4.79 Å². The van der Waals surface area contributed by atoms with Gasteiger partial charge in [0.15, 0.2) is 0 Å². The molecule has 5 nitrogen and oxygen atoms in total. The van der Waals surface area contributed by atoms with Crippen LogP contribution in [0.3, 0.4) is 0 Å². The predicted octanol–water partition coefficient (Wildman–Crippen LogP) is 6.12. The van der Waals surface area contributed by atoms with Gasteiger partial charge in [0, 0.05) is 35.6 Å². The number of fused-ring (bicyclic) bond motifs is 6. The van der Waals surface area contributed by atoms with Gasteiger partial charge in [-0.25, -0.2) is 0 Å². The maximum Gasteiger partial charge on any atom is 0.141 e. The fraction of sp³-hybridized carbons (Fsp3) is 0.794. The van der Waals surface area contributed by atoms with Gasteiger partial charge in [0.25, 0.3) is 0 Å². The molecule has 224 valence electrons. The van der Waals surface area contributed by atoms with Crippen LogP contribution in [0.25, 0.3) is 0 Å². The molecule has 6 saturated carbocycles. The molecular formula is C34H47NO4S2. The van der Waals surface area contributed by atoms with Crippen molar-refractivity contribution >= 4 is 33.1 Å². The van der Waals surface area contributed by atoms with E-state index < -0.39 is 5.60 Å². The number of hydrogen-bond acceptors (Lipinski definition) is 7. The molecule has 1 aromatic rings. The zero-order valence-electron chi connectivity index (χ0n) is 24.8. The average Bonchev–Trinajstić information content (AvgIpc) is 3.53. The molecule has 1 aromatic carbocycles. The van der Waals surface area contributed by atoms with E-state index in [1.54, 1.807) is 7.11 Å². The number of ether oxygens (including phenoxy) is 1. The highest BCUT2D eigenvalue weighted by atomic mass is 33.1. The minimum absolute atomic E-state index is 0.0596. The Morgan fingerprint density at radius 2 is 1.88 bits per heavy atom. The Kier molecular flexibility index (Phi) is 6.36. The van der Waals surface area contributed by atoms with Gasteiger partial charge < -0.3 is 20.3 Å². The summed E-state index contributed by atoms with van der Waals surface area (Å²) >= 11 is 0. The maximum atomic E-state index is 13.6. The maximum absolute atomic E-state index is 13.6. The van der Waals surface area contributed by atoms with Crippen LogP contribution in [-0.2, 0) is 16.0 Å². The Bertz CT molecular complexity index is 1240. The fourth-order valence-electron chi connectivity index (χ4n) is 12.6. The number of benzene rings is 1. The number of aliphatic hydroxyl groups is 2. The lowest BCUT2D eigenvalue weighted by molar-refractivity contribution is -0.186. The standard InChI is InChI=1S/C34H47NO4S2/c1-31-15-20-10-11-33(32(31,2)28(20)29-25(37)14-27(39-3)34(29,31)38)16-21-12-19-6-4-7-23(13-19)35-30-24(36)8-5-9-26(30)41-40-18-22(21)17-33/h4,6-7,13,20-22,24,26-30,35-36,38H,5,8-12,14-18H2,1-3H3/t20-,21+,22-,24+,26-,27-,28+,29-,30+,31+,32+,33-,34-/m1/s1. The van der Waals surface area contributed by atoms with E-state index in [0.717, 1.165) is 43.5 Å². The molecule has 7 aliphatic rings. The number of aliphatic hydroxyl groups excluding tert-OH is 1. The van der Waals surface area contributed by atoms with Gasteiger partial charge in [-0.05, 0) is 110 Å². The lowest BCUT2D eigenvalue weighted by atomic mass is 9.48. The fourth-order valence-corrected chi connectivity index (χ4v) is 16.0. The average molecular weight is 598 g/mol. The predicted molar refractivity (Wildman–Crippen MR) is 166 cm³/mol. The molecule has 13 atom stereocenters. The summed E-state index contributed by atoms with van der Waals surface area (Å²) < 4.78 is 5.91. The molecule has 0 radical (unpaired) electrons. The van der Waals surface area contributed by atoms with Crippen molar-refractivity contribution in [3.63, 3.8) is 0 Å². The van der Waals surface area contributed by atoms with Crippen LogP contribution in [-0.4, -0.2) is 58.0 Å². The molecule has 3 N–H and O–H groups in total. The number of methoxy groups -OCH3 is 1. The van der Waals surface area contributed by atoms with Gasteiger partial charge in [-0.15, -0.1) is 0 Å². The number of carbonyl (C=O) groups is 1. The van der Waals surface area contributed by atoms with Gasteiger partial charge in [-0.2, -0.15) is 0 Å². The second-order valence-corrected chi connectivity index (χ2v) is 18.1. The van der Waals surface area contributed by atoms with Crippen molar-refractivity contribution in [3.8, 4) is 0 Å². The zero-order chi connectivity index (χ0) is 28.4.